The normalized spacial score (nSPS) is 11.0. The minimum Gasteiger partial charge on any atom is -0.481 e. The van der Waals surface area contributed by atoms with Crippen LogP contribution in [0.4, 0.5) is 0 Å². The molecule has 1 N–H and O–H groups in total. The van der Waals surface area contributed by atoms with Crippen molar-refractivity contribution in [1.82, 2.24) is 20.1 Å². The van der Waals surface area contributed by atoms with Crippen molar-refractivity contribution in [3.8, 4) is 5.88 Å². The van der Waals surface area contributed by atoms with Gasteiger partial charge in [0.15, 0.2) is 0 Å². The molecule has 0 aliphatic rings. The Labute approximate surface area is 126 Å². The Morgan fingerprint density at radius 3 is 2.76 bits per heavy atom. The van der Waals surface area contributed by atoms with Crippen molar-refractivity contribution in [3.63, 3.8) is 0 Å². The lowest BCUT2D eigenvalue weighted by atomic mass is 10.2. The second-order valence-electron chi connectivity index (χ2n) is 5.07. The van der Waals surface area contributed by atoms with Crippen LogP contribution in [0, 0.1) is 0 Å². The number of hydrogen-bond donors (Lipinski definition) is 1. The summed E-state index contributed by atoms with van der Waals surface area (Å²) < 4.78 is 7.20. The maximum atomic E-state index is 5.12. The average Bonchev–Trinajstić information content (AvgIpc) is 2.97. The number of rotatable bonds is 8. The average molecular weight is 288 g/mol. The molecular formula is C16H24N4O. The largest absolute Gasteiger partial charge is 0.481 e. The fourth-order valence-corrected chi connectivity index (χ4v) is 2.34. The SMILES string of the molecule is CCC(CC)n1ccc(CNCc2ccnc(OC)c2)n1. The van der Waals surface area contributed by atoms with Crippen LogP contribution < -0.4 is 10.1 Å². The zero-order valence-corrected chi connectivity index (χ0v) is 13.0. The zero-order chi connectivity index (χ0) is 15.1. The third-order valence-electron chi connectivity index (χ3n) is 3.62. The highest BCUT2D eigenvalue weighted by molar-refractivity contribution is 5.20. The minimum atomic E-state index is 0.503. The molecule has 0 unspecified atom stereocenters. The summed E-state index contributed by atoms with van der Waals surface area (Å²) in [6, 6.07) is 6.51. The predicted octanol–water partition coefficient (Wildman–Crippen LogP) is 2.94. The second-order valence-corrected chi connectivity index (χ2v) is 5.07. The van der Waals surface area contributed by atoms with Crippen molar-refractivity contribution >= 4 is 0 Å². The summed E-state index contributed by atoms with van der Waals surface area (Å²) in [6.07, 6.45) is 6.06. The zero-order valence-electron chi connectivity index (χ0n) is 13.0. The van der Waals surface area contributed by atoms with Gasteiger partial charge in [0.25, 0.3) is 0 Å². The van der Waals surface area contributed by atoms with Crippen molar-refractivity contribution in [3.05, 3.63) is 41.9 Å². The summed E-state index contributed by atoms with van der Waals surface area (Å²) in [5, 5.41) is 8.03. The molecule has 0 aromatic carbocycles. The monoisotopic (exact) mass is 288 g/mol. The fourth-order valence-electron chi connectivity index (χ4n) is 2.34. The summed E-state index contributed by atoms with van der Waals surface area (Å²) in [5.74, 6) is 0.646. The van der Waals surface area contributed by atoms with Gasteiger partial charge in [-0.25, -0.2) is 4.98 Å². The minimum absolute atomic E-state index is 0.503. The number of nitrogens with one attached hydrogen (secondary N) is 1. The number of hydrogen-bond acceptors (Lipinski definition) is 4. The highest BCUT2D eigenvalue weighted by Crippen LogP contribution is 2.14. The van der Waals surface area contributed by atoms with Crippen LogP contribution in [-0.2, 0) is 13.1 Å². The van der Waals surface area contributed by atoms with E-state index in [4.69, 9.17) is 4.74 Å². The van der Waals surface area contributed by atoms with Crippen LogP contribution in [0.15, 0.2) is 30.6 Å². The first-order chi connectivity index (χ1) is 10.3. The summed E-state index contributed by atoms with van der Waals surface area (Å²) in [6.45, 7) is 5.93. The Morgan fingerprint density at radius 1 is 1.24 bits per heavy atom. The Morgan fingerprint density at radius 2 is 2.05 bits per heavy atom. The van der Waals surface area contributed by atoms with Crippen LogP contribution in [0.3, 0.4) is 0 Å². The number of nitrogens with zero attached hydrogens (tertiary/aromatic N) is 3. The molecule has 2 aromatic rings. The lowest BCUT2D eigenvalue weighted by Gasteiger charge is -2.12. The summed E-state index contributed by atoms with van der Waals surface area (Å²) in [5.41, 5.74) is 2.23. The quantitative estimate of drug-likeness (QED) is 0.811. The highest BCUT2D eigenvalue weighted by Gasteiger charge is 2.07. The molecule has 2 aromatic heterocycles. The first kappa shape index (κ1) is 15.5. The highest BCUT2D eigenvalue weighted by atomic mass is 16.5. The van der Waals surface area contributed by atoms with Gasteiger partial charge in [-0.15, -0.1) is 0 Å². The standard InChI is InChI=1S/C16H24N4O/c1-4-15(5-2)20-9-7-14(19-20)12-17-11-13-6-8-18-16(10-13)21-3/h6-10,15,17H,4-5,11-12H2,1-3H3. The van der Waals surface area contributed by atoms with Crippen LogP contribution in [0.2, 0.25) is 0 Å². The van der Waals surface area contributed by atoms with Crippen LogP contribution in [-0.4, -0.2) is 21.9 Å². The number of ether oxygens (including phenoxy) is 1. The first-order valence-electron chi connectivity index (χ1n) is 7.50. The van der Waals surface area contributed by atoms with Gasteiger partial charge in [-0.05, 0) is 30.5 Å². The van der Waals surface area contributed by atoms with E-state index in [2.05, 4.69) is 46.2 Å². The Kier molecular flexibility index (Phi) is 5.75. The van der Waals surface area contributed by atoms with Crippen molar-refractivity contribution in [1.29, 1.82) is 0 Å². The molecule has 21 heavy (non-hydrogen) atoms. The van der Waals surface area contributed by atoms with Gasteiger partial charge < -0.3 is 10.1 Å². The molecule has 2 rings (SSSR count). The van der Waals surface area contributed by atoms with E-state index in [9.17, 15) is 0 Å². The summed E-state index contributed by atoms with van der Waals surface area (Å²) in [4.78, 5) is 4.10. The molecular weight excluding hydrogens is 264 g/mol. The Bertz CT molecular complexity index is 549. The Hall–Kier alpha value is -1.88. The molecule has 0 fully saturated rings. The lowest BCUT2D eigenvalue weighted by Crippen LogP contribution is -2.14. The second kappa shape index (κ2) is 7.78. The van der Waals surface area contributed by atoms with E-state index >= 15 is 0 Å². The van der Waals surface area contributed by atoms with Crippen molar-refractivity contribution in [2.24, 2.45) is 0 Å². The smallest absolute Gasteiger partial charge is 0.213 e. The molecule has 0 radical (unpaired) electrons. The topological polar surface area (TPSA) is 52.0 Å². The van der Waals surface area contributed by atoms with Crippen LogP contribution in [0.1, 0.15) is 44.0 Å². The van der Waals surface area contributed by atoms with Gasteiger partial charge in [0.05, 0.1) is 18.8 Å². The predicted molar refractivity (Wildman–Crippen MR) is 83.2 cm³/mol. The number of pyridine rings is 1. The van der Waals surface area contributed by atoms with Gasteiger partial charge in [0.1, 0.15) is 0 Å². The molecule has 5 nitrogen and oxygen atoms in total. The van der Waals surface area contributed by atoms with Crippen molar-refractivity contribution in [2.45, 2.75) is 45.8 Å². The number of methoxy groups -OCH3 is 1. The van der Waals surface area contributed by atoms with Gasteiger partial charge >= 0.3 is 0 Å². The lowest BCUT2D eigenvalue weighted by molar-refractivity contribution is 0.397. The van der Waals surface area contributed by atoms with E-state index in [1.54, 1.807) is 13.3 Å². The van der Waals surface area contributed by atoms with Gasteiger partial charge in [-0.1, -0.05) is 13.8 Å². The van der Waals surface area contributed by atoms with Crippen LogP contribution in [0.25, 0.3) is 0 Å². The molecule has 0 spiro atoms. The summed E-state index contributed by atoms with van der Waals surface area (Å²) >= 11 is 0. The van der Waals surface area contributed by atoms with Crippen molar-refractivity contribution in [2.75, 3.05) is 7.11 Å². The molecule has 0 amide bonds. The maximum absolute atomic E-state index is 5.12. The van der Waals surface area contributed by atoms with Crippen LogP contribution in [0.5, 0.6) is 5.88 Å². The maximum Gasteiger partial charge on any atom is 0.213 e. The van der Waals surface area contributed by atoms with Crippen molar-refractivity contribution < 1.29 is 4.74 Å². The summed E-state index contributed by atoms with van der Waals surface area (Å²) in [7, 11) is 1.63. The first-order valence-corrected chi connectivity index (χ1v) is 7.50. The molecule has 114 valence electrons. The molecule has 5 heteroatoms. The van der Waals surface area contributed by atoms with Gasteiger partial charge in [0, 0.05) is 31.5 Å². The van der Waals surface area contributed by atoms with E-state index < -0.39 is 0 Å². The van der Waals surface area contributed by atoms with E-state index in [0.717, 1.165) is 37.2 Å². The number of aromatic nitrogens is 3. The molecule has 0 saturated carbocycles. The van der Waals surface area contributed by atoms with Gasteiger partial charge in [-0.3, -0.25) is 4.68 Å². The van der Waals surface area contributed by atoms with Crippen LogP contribution >= 0.6 is 0 Å². The third-order valence-corrected chi connectivity index (χ3v) is 3.62. The van der Waals surface area contributed by atoms with E-state index in [1.165, 1.54) is 0 Å². The fraction of sp³-hybridized carbons (Fsp3) is 0.500. The van der Waals surface area contributed by atoms with E-state index in [0.29, 0.717) is 11.9 Å². The molecule has 0 saturated heterocycles. The Balaban J connectivity index is 1.85. The third kappa shape index (κ3) is 4.29. The van der Waals surface area contributed by atoms with Gasteiger partial charge in [0.2, 0.25) is 5.88 Å². The van der Waals surface area contributed by atoms with E-state index in [1.807, 2.05) is 12.1 Å². The molecule has 0 bridgehead atoms. The molecule has 0 aliphatic heterocycles. The molecule has 0 atom stereocenters. The molecule has 2 heterocycles. The van der Waals surface area contributed by atoms with E-state index in [-0.39, 0.29) is 0 Å². The van der Waals surface area contributed by atoms with Gasteiger partial charge in [-0.2, -0.15) is 5.10 Å². The molecule has 0 aliphatic carbocycles.